The lowest BCUT2D eigenvalue weighted by molar-refractivity contribution is -0.387. The van der Waals surface area contributed by atoms with Gasteiger partial charge in [-0.2, -0.15) is 4.39 Å². The van der Waals surface area contributed by atoms with Crippen molar-refractivity contribution >= 4 is 11.4 Å². The van der Waals surface area contributed by atoms with E-state index in [4.69, 9.17) is 10.5 Å². The van der Waals surface area contributed by atoms with Crippen LogP contribution >= 0.6 is 0 Å². The van der Waals surface area contributed by atoms with Crippen molar-refractivity contribution in [2.45, 2.75) is 0 Å². The van der Waals surface area contributed by atoms with E-state index in [0.717, 1.165) is 0 Å². The molecule has 0 fully saturated rings. The number of hydrogen-bond acceptors (Lipinski definition) is 5. The van der Waals surface area contributed by atoms with Crippen molar-refractivity contribution in [2.24, 2.45) is 0 Å². The summed E-state index contributed by atoms with van der Waals surface area (Å²) in [5, 5.41) is 10.4. The minimum Gasteiger partial charge on any atom is -0.436 e. The normalized spacial score (nSPS) is 10.2. The number of anilines is 1. The highest BCUT2D eigenvalue weighted by Gasteiger charge is 2.19. The van der Waals surface area contributed by atoms with Crippen LogP contribution in [0.25, 0.3) is 0 Å². The average Bonchev–Trinajstić information content (AvgIpc) is 2.35. The van der Waals surface area contributed by atoms with E-state index in [9.17, 15) is 18.9 Å². The molecule has 0 saturated heterocycles. The maximum atomic E-state index is 13.5. The van der Waals surface area contributed by atoms with Gasteiger partial charge in [0, 0.05) is 12.1 Å². The second-order valence-corrected chi connectivity index (χ2v) is 3.52. The second-order valence-electron chi connectivity index (χ2n) is 3.52. The summed E-state index contributed by atoms with van der Waals surface area (Å²) >= 11 is 0. The molecule has 0 aliphatic heterocycles. The smallest absolute Gasteiger partial charge is 0.307 e. The molecule has 1 heterocycles. The minimum atomic E-state index is -1.20. The van der Waals surface area contributed by atoms with Crippen LogP contribution in [0, 0.1) is 21.7 Å². The maximum Gasteiger partial charge on any atom is 0.307 e. The third-order valence-electron chi connectivity index (χ3n) is 2.17. The zero-order valence-electron chi connectivity index (χ0n) is 9.34. The fourth-order valence-electron chi connectivity index (χ4n) is 1.30. The lowest BCUT2D eigenvalue weighted by Gasteiger charge is -2.06. The van der Waals surface area contributed by atoms with Crippen LogP contribution < -0.4 is 10.5 Å². The predicted octanol–water partition coefficient (Wildman–Crippen LogP) is 2.64. The number of nitrogen functional groups attached to an aromatic ring is 1. The number of nitrogens with zero attached hydrogens (tertiary/aromatic N) is 2. The molecular formula is C11H7F2N3O3. The number of rotatable bonds is 3. The molecule has 2 N–H and O–H groups in total. The third kappa shape index (κ3) is 2.73. The summed E-state index contributed by atoms with van der Waals surface area (Å²) in [6, 6.07) is 3.85. The molecule has 0 bridgehead atoms. The van der Waals surface area contributed by atoms with Crippen LogP contribution in [-0.2, 0) is 0 Å². The van der Waals surface area contributed by atoms with E-state index in [2.05, 4.69) is 4.98 Å². The zero-order valence-corrected chi connectivity index (χ0v) is 9.34. The molecule has 19 heavy (non-hydrogen) atoms. The van der Waals surface area contributed by atoms with Crippen molar-refractivity contribution in [3.63, 3.8) is 0 Å². The van der Waals surface area contributed by atoms with Crippen LogP contribution in [0.2, 0.25) is 0 Å². The number of nitrogens with two attached hydrogens (primary N) is 1. The molecule has 0 aliphatic carbocycles. The zero-order chi connectivity index (χ0) is 14.0. The van der Waals surface area contributed by atoms with Crippen molar-refractivity contribution in [1.29, 1.82) is 0 Å². The molecule has 0 atom stereocenters. The van der Waals surface area contributed by atoms with E-state index < -0.39 is 28.0 Å². The number of nitro groups is 1. The lowest BCUT2D eigenvalue weighted by atomic mass is 10.3. The number of pyridine rings is 1. The Kier molecular flexibility index (Phi) is 3.23. The Bertz CT molecular complexity index is 632. The molecule has 1 aromatic carbocycles. The van der Waals surface area contributed by atoms with Gasteiger partial charge in [-0.1, -0.05) is 0 Å². The largest absolute Gasteiger partial charge is 0.436 e. The first-order chi connectivity index (χ1) is 8.97. The van der Waals surface area contributed by atoms with E-state index in [0.29, 0.717) is 17.8 Å². The number of halogens is 2. The number of hydrogen-bond donors (Lipinski definition) is 1. The van der Waals surface area contributed by atoms with Crippen molar-refractivity contribution < 1.29 is 18.4 Å². The van der Waals surface area contributed by atoms with Crippen molar-refractivity contribution in [3.8, 4) is 11.6 Å². The van der Waals surface area contributed by atoms with Crippen molar-refractivity contribution in [2.75, 3.05) is 5.73 Å². The van der Waals surface area contributed by atoms with E-state index in [-0.39, 0.29) is 5.88 Å². The molecule has 0 spiro atoms. The van der Waals surface area contributed by atoms with Gasteiger partial charge < -0.3 is 10.5 Å². The predicted molar refractivity (Wildman–Crippen MR) is 61.7 cm³/mol. The van der Waals surface area contributed by atoms with Gasteiger partial charge in [-0.25, -0.2) is 9.37 Å². The van der Waals surface area contributed by atoms with Gasteiger partial charge >= 0.3 is 5.69 Å². The molecule has 0 radical (unpaired) electrons. The van der Waals surface area contributed by atoms with Gasteiger partial charge in [0.05, 0.1) is 22.9 Å². The summed E-state index contributed by atoms with van der Waals surface area (Å²) in [5.74, 6) is -2.77. The first kappa shape index (κ1) is 12.7. The van der Waals surface area contributed by atoms with Crippen LogP contribution in [0.1, 0.15) is 0 Å². The Morgan fingerprint density at radius 3 is 2.58 bits per heavy atom. The van der Waals surface area contributed by atoms with Gasteiger partial charge in [0.15, 0.2) is 11.6 Å². The van der Waals surface area contributed by atoms with Crippen LogP contribution in [0.5, 0.6) is 11.6 Å². The minimum absolute atomic E-state index is 0.0126. The summed E-state index contributed by atoms with van der Waals surface area (Å²) in [6.07, 6.45) is 1.27. The molecular weight excluding hydrogens is 260 g/mol. The van der Waals surface area contributed by atoms with E-state index in [1.54, 1.807) is 0 Å². The van der Waals surface area contributed by atoms with Crippen LogP contribution in [0.3, 0.4) is 0 Å². The molecule has 2 rings (SSSR count). The Balaban J connectivity index is 2.33. The Hall–Kier alpha value is -2.77. The molecule has 0 aliphatic rings. The number of nitro benzene ring substituents is 1. The Morgan fingerprint density at radius 1 is 1.26 bits per heavy atom. The summed E-state index contributed by atoms with van der Waals surface area (Å²) in [6.45, 7) is 0. The lowest BCUT2D eigenvalue weighted by Crippen LogP contribution is -1.97. The van der Waals surface area contributed by atoms with E-state index in [1.807, 2.05) is 0 Å². The van der Waals surface area contributed by atoms with Gasteiger partial charge in [-0.05, 0) is 6.07 Å². The molecule has 98 valence electrons. The second kappa shape index (κ2) is 4.84. The molecule has 6 nitrogen and oxygen atoms in total. The summed E-state index contributed by atoms with van der Waals surface area (Å²) in [4.78, 5) is 13.1. The Labute approximate surface area is 105 Å². The first-order valence-electron chi connectivity index (χ1n) is 5.00. The van der Waals surface area contributed by atoms with Crippen molar-refractivity contribution in [1.82, 2.24) is 4.98 Å². The number of ether oxygens (including phenoxy) is 1. The summed E-state index contributed by atoms with van der Waals surface area (Å²) in [7, 11) is 0. The standard InChI is InChI=1S/C11H7F2N3O3/c12-7-4-10(8(13)3-9(7)16(17)18)19-11-2-1-6(14)5-15-11/h1-5H,14H2. The highest BCUT2D eigenvalue weighted by Crippen LogP contribution is 2.29. The van der Waals surface area contributed by atoms with Gasteiger partial charge in [0.25, 0.3) is 0 Å². The first-order valence-corrected chi connectivity index (χ1v) is 5.00. The molecule has 0 unspecified atom stereocenters. The van der Waals surface area contributed by atoms with Gasteiger partial charge in [0.1, 0.15) is 0 Å². The topological polar surface area (TPSA) is 91.3 Å². The quantitative estimate of drug-likeness (QED) is 0.681. The maximum absolute atomic E-state index is 13.5. The monoisotopic (exact) mass is 267 g/mol. The SMILES string of the molecule is Nc1ccc(Oc2cc(F)c([N+](=O)[O-])cc2F)nc1. The highest BCUT2D eigenvalue weighted by atomic mass is 19.1. The van der Waals surface area contributed by atoms with Gasteiger partial charge in [-0.15, -0.1) is 0 Å². The average molecular weight is 267 g/mol. The fourth-order valence-corrected chi connectivity index (χ4v) is 1.30. The Morgan fingerprint density at radius 2 is 2.00 bits per heavy atom. The fraction of sp³-hybridized carbons (Fsp3) is 0. The summed E-state index contributed by atoms with van der Waals surface area (Å²) in [5.41, 5.74) is 4.81. The third-order valence-corrected chi connectivity index (χ3v) is 2.17. The highest BCUT2D eigenvalue weighted by molar-refractivity contribution is 5.42. The molecule has 2 aromatic rings. The number of aromatic nitrogens is 1. The van der Waals surface area contributed by atoms with Gasteiger partial charge in [-0.3, -0.25) is 10.1 Å². The van der Waals surface area contributed by atoms with E-state index in [1.165, 1.54) is 18.3 Å². The summed E-state index contributed by atoms with van der Waals surface area (Å²) < 4.78 is 31.8. The molecule has 8 heteroatoms. The molecule has 0 saturated carbocycles. The molecule has 1 aromatic heterocycles. The van der Waals surface area contributed by atoms with E-state index >= 15 is 0 Å². The number of benzene rings is 1. The van der Waals surface area contributed by atoms with Crippen LogP contribution in [0.15, 0.2) is 30.5 Å². The van der Waals surface area contributed by atoms with Crippen LogP contribution in [-0.4, -0.2) is 9.91 Å². The van der Waals surface area contributed by atoms with Crippen LogP contribution in [0.4, 0.5) is 20.2 Å². The van der Waals surface area contributed by atoms with Gasteiger partial charge in [0.2, 0.25) is 11.7 Å². The van der Waals surface area contributed by atoms with Crippen molar-refractivity contribution in [3.05, 3.63) is 52.2 Å². The molecule has 0 amide bonds.